The van der Waals surface area contributed by atoms with Crippen LogP contribution >= 0.6 is 11.8 Å². The number of aryl methyl sites for hydroxylation is 1. The minimum absolute atomic E-state index is 0.228. The molecule has 0 bridgehead atoms. The Balaban J connectivity index is 2.17. The van der Waals surface area contributed by atoms with Gasteiger partial charge in [-0.1, -0.05) is 18.2 Å². The average molecular weight is 273 g/mol. The van der Waals surface area contributed by atoms with Crippen LogP contribution in [0.5, 0.6) is 0 Å². The Morgan fingerprint density at radius 1 is 1.42 bits per heavy atom. The van der Waals surface area contributed by atoms with Crippen molar-refractivity contribution in [3.63, 3.8) is 0 Å². The van der Waals surface area contributed by atoms with Gasteiger partial charge in [-0.2, -0.15) is 0 Å². The summed E-state index contributed by atoms with van der Waals surface area (Å²) in [5.74, 6) is 0.921. The molecule has 98 valence electrons. The SMILES string of the molecule is C=CCSc1ccccc1NC(=O)c1occc1C. The maximum absolute atomic E-state index is 12.1. The topological polar surface area (TPSA) is 42.2 Å². The van der Waals surface area contributed by atoms with Gasteiger partial charge in [0.15, 0.2) is 5.76 Å². The number of benzene rings is 1. The van der Waals surface area contributed by atoms with Crippen LogP contribution in [-0.2, 0) is 0 Å². The Kier molecular flexibility index (Phi) is 4.47. The zero-order chi connectivity index (χ0) is 13.7. The Hall–Kier alpha value is -1.94. The molecule has 4 heteroatoms. The van der Waals surface area contributed by atoms with Gasteiger partial charge in [-0.15, -0.1) is 18.3 Å². The number of para-hydroxylation sites is 1. The van der Waals surface area contributed by atoms with Crippen molar-refractivity contribution in [3.05, 3.63) is 60.6 Å². The van der Waals surface area contributed by atoms with E-state index in [1.807, 2.05) is 37.3 Å². The molecule has 0 radical (unpaired) electrons. The first kappa shape index (κ1) is 13.5. The number of carbonyl (C=O) groups is 1. The van der Waals surface area contributed by atoms with E-state index in [2.05, 4.69) is 11.9 Å². The zero-order valence-electron chi connectivity index (χ0n) is 10.7. The second-order valence-corrected chi connectivity index (χ2v) is 5.04. The lowest BCUT2D eigenvalue weighted by atomic mass is 10.2. The number of hydrogen-bond acceptors (Lipinski definition) is 3. The van der Waals surface area contributed by atoms with Crippen molar-refractivity contribution in [2.45, 2.75) is 11.8 Å². The molecule has 19 heavy (non-hydrogen) atoms. The van der Waals surface area contributed by atoms with Gasteiger partial charge in [-0.25, -0.2) is 0 Å². The molecule has 0 unspecified atom stereocenters. The summed E-state index contributed by atoms with van der Waals surface area (Å²) in [5.41, 5.74) is 1.61. The van der Waals surface area contributed by atoms with Crippen molar-refractivity contribution in [3.8, 4) is 0 Å². The monoisotopic (exact) mass is 273 g/mol. The summed E-state index contributed by atoms with van der Waals surface area (Å²) in [4.78, 5) is 13.1. The highest BCUT2D eigenvalue weighted by molar-refractivity contribution is 7.99. The number of hydrogen-bond donors (Lipinski definition) is 1. The number of amides is 1. The zero-order valence-corrected chi connectivity index (χ0v) is 11.5. The number of rotatable bonds is 5. The molecule has 1 amide bonds. The average Bonchev–Trinajstić information content (AvgIpc) is 2.84. The van der Waals surface area contributed by atoms with E-state index in [9.17, 15) is 4.79 Å². The second-order valence-electron chi connectivity index (χ2n) is 3.98. The fraction of sp³-hybridized carbons (Fsp3) is 0.133. The summed E-state index contributed by atoms with van der Waals surface area (Å²) in [7, 11) is 0. The Morgan fingerprint density at radius 2 is 2.21 bits per heavy atom. The molecule has 0 fully saturated rings. The lowest BCUT2D eigenvalue weighted by molar-refractivity contribution is 0.0995. The van der Waals surface area contributed by atoms with E-state index in [0.717, 1.165) is 21.9 Å². The smallest absolute Gasteiger partial charge is 0.291 e. The number of anilines is 1. The highest BCUT2D eigenvalue weighted by Crippen LogP contribution is 2.27. The van der Waals surface area contributed by atoms with Crippen molar-refractivity contribution in [1.82, 2.24) is 0 Å². The van der Waals surface area contributed by atoms with E-state index < -0.39 is 0 Å². The van der Waals surface area contributed by atoms with Gasteiger partial charge in [0.05, 0.1) is 12.0 Å². The fourth-order valence-corrected chi connectivity index (χ4v) is 2.38. The third-order valence-electron chi connectivity index (χ3n) is 2.56. The Bertz CT molecular complexity index is 589. The van der Waals surface area contributed by atoms with Crippen LogP contribution in [0.4, 0.5) is 5.69 Å². The third kappa shape index (κ3) is 3.29. The van der Waals surface area contributed by atoms with Crippen molar-refractivity contribution >= 4 is 23.4 Å². The minimum Gasteiger partial charge on any atom is -0.459 e. The van der Waals surface area contributed by atoms with Crippen LogP contribution in [0.3, 0.4) is 0 Å². The van der Waals surface area contributed by atoms with Crippen molar-refractivity contribution < 1.29 is 9.21 Å². The summed E-state index contributed by atoms with van der Waals surface area (Å²) >= 11 is 1.63. The van der Waals surface area contributed by atoms with E-state index >= 15 is 0 Å². The van der Waals surface area contributed by atoms with E-state index in [4.69, 9.17) is 4.42 Å². The number of carbonyl (C=O) groups excluding carboxylic acids is 1. The summed E-state index contributed by atoms with van der Waals surface area (Å²) in [6, 6.07) is 9.45. The molecule has 1 aromatic carbocycles. The second kappa shape index (κ2) is 6.29. The standard InChI is InChI=1S/C15H15NO2S/c1-3-10-19-13-7-5-4-6-12(13)16-15(17)14-11(2)8-9-18-14/h3-9H,1,10H2,2H3,(H,16,17). The molecule has 2 aromatic rings. The number of nitrogens with one attached hydrogen (secondary N) is 1. The van der Waals surface area contributed by atoms with E-state index in [-0.39, 0.29) is 5.91 Å². The van der Waals surface area contributed by atoms with Gasteiger partial charge in [0.2, 0.25) is 0 Å². The quantitative estimate of drug-likeness (QED) is 0.658. The molecule has 1 N–H and O–H groups in total. The molecular formula is C15H15NO2S. The number of thioether (sulfide) groups is 1. The van der Waals surface area contributed by atoms with Crippen LogP contribution in [0.25, 0.3) is 0 Å². The summed E-state index contributed by atoms with van der Waals surface area (Å²) < 4.78 is 5.18. The molecule has 0 saturated carbocycles. The highest BCUT2D eigenvalue weighted by atomic mass is 32.2. The van der Waals surface area contributed by atoms with Gasteiger partial charge in [0, 0.05) is 16.2 Å². The van der Waals surface area contributed by atoms with Crippen LogP contribution in [-0.4, -0.2) is 11.7 Å². The molecule has 0 atom stereocenters. The molecule has 0 saturated heterocycles. The molecule has 0 aliphatic rings. The molecular weight excluding hydrogens is 258 g/mol. The molecule has 1 aromatic heterocycles. The van der Waals surface area contributed by atoms with Gasteiger partial charge in [0.1, 0.15) is 0 Å². The highest BCUT2D eigenvalue weighted by Gasteiger charge is 2.14. The third-order valence-corrected chi connectivity index (χ3v) is 3.63. The summed E-state index contributed by atoms with van der Waals surface area (Å²) in [6.07, 6.45) is 3.35. The fourth-order valence-electron chi connectivity index (χ4n) is 1.63. The molecule has 2 rings (SSSR count). The van der Waals surface area contributed by atoms with Crippen LogP contribution < -0.4 is 5.32 Å². The van der Waals surface area contributed by atoms with Gasteiger partial charge in [-0.3, -0.25) is 4.79 Å². The van der Waals surface area contributed by atoms with Crippen molar-refractivity contribution in [1.29, 1.82) is 0 Å². The minimum atomic E-state index is -0.228. The van der Waals surface area contributed by atoms with Crippen LogP contribution in [0.1, 0.15) is 16.1 Å². The van der Waals surface area contributed by atoms with E-state index in [1.54, 1.807) is 17.8 Å². The van der Waals surface area contributed by atoms with Gasteiger partial charge in [0.25, 0.3) is 5.91 Å². The molecule has 1 heterocycles. The normalized spacial score (nSPS) is 10.2. The first-order valence-corrected chi connectivity index (χ1v) is 6.89. The predicted octanol–water partition coefficient (Wildman–Crippen LogP) is 4.12. The molecule has 0 aliphatic carbocycles. The van der Waals surface area contributed by atoms with Crippen LogP contribution in [0, 0.1) is 6.92 Å². The largest absolute Gasteiger partial charge is 0.459 e. The van der Waals surface area contributed by atoms with Gasteiger partial charge >= 0.3 is 0 Å². The Morgan fingerprint density at radius 3 is 2.89 bits per heavy atom. The lowest BCUT2D eigenvalue weighted by Gasteiger charge is -2.09. The molecule has 0 aliphatic heterocycles. The maximum atomic E-state index is 12.1. The maximum Gasteiger partial charge on any atom is 0.291 e. The van der Waals surface area contributed by atoms with Crippen molar-refractivity contribution in [2.75, 3.05) is 11.1 Å². The lowest BCUT2D eigenvalue weighted by Crippen LogP contribution is -2.12. The molecule has 0 spiro atoms. The van der Waals surface area contributed by atoms with Gasteiger partial charge in [-0.05, 0) is 25.1 Å². The van der Waals surface area contributed by atoms with Crippen LogP contribution in [0.2, 0.25) is 0 Å². The van der Waals surface area contributed by atoms with Gasteiger partial charge < -0.3 is 9.73 Å². The summed E-state index contributed by atoms with van der Waals surface area (Å²) in [6.45, 7) is 5.54. The van der Waals surface area contributed by atoms with Crippen LogP contribution in [0.15, 0.2) is 58.6 Å². The van der Waals surface area contributed by atoms with Crippen molar-refractivity contribution in [2.24, 2.45) is 0 Å². The number of furan rings is 1. The van der Waals surface area contributed by atoms with E-state index in [1.165, 1.54) is 6.26 Å². The first-order valence-electron chi connectivity index (χ1n) is 5.90. The first-order chi connectivity index (χ1) is 9.22. The Labute approximate surface area is 116 Å². The molecule has 3 nitrogen and oxygen atoms in total. The van der Waals surface area contributed by atoms with E-state index in [0.29, 0.717) is 5.76 Å². The predicted molar refractivity (Wildman–Crippen MR) is 78.8 cm³/mol. The summed E-state index contributed by atoms with van der Waals surface area (Å²) in [5, 5.41) is 2.87.